The number of hydrogen-bond donors (Lipinski definition) is 2. The van der Waals surface area contributed by atoms with Gasteiger partial charge in [0.25, 0.3) is 0 Å². The average Bonchev–Trinajstić information content (AvgIpc) is 2.17. The Labute approximate surface area is 88.8 Å². The van der Waals surface area contributed by atoms with E-state index in [0.29, 0.717) is 19.5 Å². The maximum Gasteiger partial charge on any atom is 0.331 e. The van der Waals surface area contributed by atoms with Crippen molar-refractivity contribution in [2.45, 2.75) is 12.8 Å². The summed E-state index contributed by atoms with van der Waals surface area (Å²) in [6.07, 6.45) is 1.40. The third-order valence-electron chi connectivity index (χ3n) is 2.38. The quantitative estimate of drug-likeness (QED) is 0.634. The molecule has 1 rings (SSSR count). The summed E-state index contributed by atoms with van der Waals surface area (Å²) in [5, 5.41) is 10.4. The molecular weight excluding hydrogens is 198 g/mol. The number of amides is 2. The van der Waals surface area contributed by atoms with Gasteiger partial charge in [0.15, 0.2) is 0 Å². The highest BCUT2D eigenvalue weighted by Gasteiger charge is 2.28. The monoisotopic (exact) mass is 215 g/mol. The van der Waals surface area contributed by atoms with Gasteiger partial charge in [-0.05, 0) is 12.8 Å². The van der Waals surface area contributed by atoms with Crippen molar-refractivity contribution < 1.29 is 14.7 Å². The summed E-state index contributed by atoms with van der Waals surface area (Å²) in [5.41, 5.74) is 2.60. The number of nitrogens with one attached hydrogen (secondary N) is 1. The summed E-state index contributed by atoms with van der Waals surface area (Å²) >= 11 is 0. The lowest BCUT2D eigenvalue weighted by atomic mass is 9.99. The second-order valence-electron chi connectivity index (χ2n) is 3.93. The van der Waals surface area contributed by atoms with Gasteiger partial charge < -0.3 is 10.0 Å². The van der Waals surface area contributed by atoms with Crippen molar-refractivity contribution in [3.8, 4) is 0 Å². The first kappa shape index (κ1) is 11.8. The second-order valence-corrected chi connectivity index (χ2v) is 3.93. The number of nitrogens with zero attached hydrogens (tertiary/aromatic N) is 2. The number of carboxylic acid groups (broad SMARTS) is 1. The summed E-state index contributed by atoms with van der Waals surface area (Å²) in [6, 6.07) is -0.231. The van der Waals surface area contributed by atoms with Gasteiger partial charge in [0.05, 0.1) is 5.92 Å². The molecule has 6 nitrogen and oxygen atoms in total. The number of aliphatic carboxylic acids is 1. The van der Waals surface area contributed by atoms with Crippen molar-refractivity contribution in [1.82, 2.24) is 15.3 Å². The van der Waals surface area contributed by atoms with E-state index in [1.807, 2.05) is 0 Å². The standard InChI is InChI=1S/C9H17N3O3/c1-11(2)10-9(15)12-5-3-4-7(6-12)8(13)14/h7H,3-6H2,1-2H3,(H,10,15)(H,13,14)/t7-/m1/s1. The van der Waals surface area contributed by atoms with Gasteiger partial charge in [-0.25, -0.2) is 9.80 Å². The third kappa shape index (κ3) is 3.39. The van der Waals surface area contributed by atoms with Gasteiger partial charge in [0.1, 0.15) is 0 Å². The number of carbonyl (C=O) groups excluding carboxylic acids is 1. The fourth-order valence-corrected chi connectivity index (χ4v) is 1.63. The molecule has 2 amide bonds. The van der Waals surface area contributed by atoms with E-state index in [0.717, 1.165) is 6.42 Å². The maximum atomic E-state index is 11.6. The summed E-state index contributed by atoms with van der Waals surface area (Å²) in [5.74, 6) is -1.25. The highest BCUT2D eigenvalue weighted by molar-refractivity contribution is 5.76. The predicted molar refractivity (Wildman–Crippen MR) is 54.2 cm³/mol. The summed E-state index contributed by atoms with van der Waals surface area (Å²) in [7, 11) is 3.44. The molecule has 2 N–H and O–H groups in total. The lowest BCUT2D eigenvalue weighted by molar-refractivity contribution is -0.143. The fourth-order valence-electron chi connectivity index (χ4n) is 1.63. The largest absolute Gasteiger partial charge is 0.481 e. The van der Waals surface area contributed by atoms with Crippen LogP contribution in [0.2, 0.25) is 0 Å². The Balaban J connectivity index is 2.48. The Morgan fingerprint density at radius 3 is 2.67 bits per heavy atom. The van der Waals surface area contributed by atoms with Crippen LogP contribution in [0, 0.1) is 5.92 Å². The van der Waals surface area contributed by atoms with Crippen LogP contribution in [0.15, 0.2) is 0 Å². The molecule has 1 atom stereocenters. The maximum absolute atomic E-state index is 11.6. The van der Waals surface area contributed by atoms with Crippen molar-refractivity contribution in [1.29, 1.82) is 0 Å². The van der Waals surface area contributed by atoms with Crippen molar-refractivity contribution >= 4 is 12.0 Å². The van der Waals surface area contributed by atoms with E-state index in [4.69, 9.17) is 5.11 Å². The topological polar surface area (TPSA) is 72.9 Å². The minimum atomic E-state index is -0.822. The highest BCUT2D eigenvalue weighted by Crippen LogP contribution is 2.16. The molecule has 0 saturated carbocycles. The molecule has 1 saturated heterocycles. The smallest absolute Gasteiger partial charge is 0.331 e. The number of piperidine rings is 1. The molecule has 0 aromatic carbocycles. The Morgan fingerprint density at radius 1 is 1.47 bits per heavy atom. The molecule has 1 fully saturated rings. The van der Waals surface area contributed by atoms with E-state index in [9.17, 15) is 9.59 Å². The third-order valence-corrected chi connectivity index (χ3v) is 2.38. The van der Waals surface area contributed by atoms with Crippen LogP contribution >= 0.6 is 0 Å². The number of hydrogen-bond acceptors (Lipinski definition) is 3. The molecule has 0 unspecified atom stereocenters. The number of rotatable bonds is 2. The molecule has 1 aliphatic rings. The number of carbonyl (C=O) groups is 2. The van der Waals surface area contributed by atoms with Gasteiger partial charge in [-0.2, -0.15) is 0 Å². The van der Waals surface area contributed by atoms with Crippen LogP contribution in [0.3, 0.4) is 0 Å². The van der Waals surface area contributed by atoms with E-state index < -0.39 is 11.9 Å². The predicted octanol–water partition coefficient (Wildman–Crippen LogP) is -0.0308. The van der Waals surface area contributed by atoms with Crippen LogP contribution < -0.4 is 5.43 Å². The minimum Gasteiger partial charge on any atom is -0.481 e. The first-order valence-electron chi connectivity index (χ1n) is 4.96. The highest BCUT2D eigenvalue weighted by atomic mass is 16.4. The average molecular weight is 215 g/mol. The van der Waals surface area contributed by atoms with Crippen molar-refractivity contribution in [3.63, 3.8) is 0 Å². The van der Waals surface area contributed by atoms with Crippen LogP contribution in [0.1, 0.15) is 12.8 Å². The molecule has 1 heterocycles. The number of likely N-dealkylation sites (tertiary alicyclic amines) is 1. The molecule has 0 aliphatic carbocycles. The molecular formula is C9H17N3O3. The van der Waals surface area contributed by atoms with Crippen LogP contribution in [0.4, 0.5) is 4.79 Å². The van der Waals surface area contributed by atoms with Crippen LogP contribution in [0.5, 0.6) is 0 Å². The van der Waals surface area contributed by atoms with Crippen molar-refractivity contribution in [2.75, 3.05) is 27.2 Å². The van der Waals surface area contributed by atoms with E-state index >= 15 is 0 Å². The summed E-state index contributed by atoms with van der Waals surface area (Å²) in [4.78, 5) is 23.9. The molecule has 0 spiro atoms. The normalized spacial score (nSPS) is 21.5. The van der Waals surface area contributed by atoms with Crippen molar-refractivity contribution in [2.24, 2.45) is 5.92 Å². The molecule has 6 heteroatoms. The van der Waals surface area contributed by atoms with Gasteiger partial charge in [0.2, 0.25) is 0 Å². The van der Waals surface area contributed by atoms with Gasteiger partial charge >= 0.3 is 12.0 Å². The fraction of sp³-hybridized carbons (Fsp3) is 0.778. The van der Waals surface area contributed by atoms with Crippen LogP contribution in [0.25, 0.3) is 0 Å². The molecule has 0 radical (unpaired) electrons. The Hall–Kier alpha value is -1.30. The van der Waals surface area contributed by atoms with Gasteiger partial charge in [-0.3, -0.25) is 10.2 Å². The lowest BCUT2D eigenvalue weighted by Crippen LogP contribution is -2.50. The van der Waals surface area contributed by atoms with E-state index in [1.165, 1.54) is 0 Å². The van der Waals surface area contributed by atoms with Crippen molar-refractivity contribution in [3.05, 3.63) is 0 Å². The Kier molecular flexibility index (Phi) is 3.90. The zero-order valence-corrected chi connectivity index (χ0v) is 9.06. The SMILES string of the molecule is CN(C)NC(=O)N1CCC[C@@H](C(=O)O)C1. The summed E-state index contributed by atoms with van der Waals surface area (Å²) < 4.78 is 0. The van der Waals surface area contributed by atoms with E-state index in [1.54, 1.807) is 24.0 Å². The molecule has 0 aromatic rings. The Morgan fingerprint density at radius 2 is 2.13 bits per heavy atom. The van der Waals surface area contributed by atoms with Crippen LogP contribution in [-0.2, 0) is 4.79 Å². The molecule has 86 valence electrons. The first-order chi connectivity index (χ1) is 7.00. The number of urea groups is 1. The zero-order valence-electron chi connectivity index (χ0n) is 9.06. The lowest BCUT2D eigenvalue weighted by Gasteiger charge is -2.31. The van der Waals surface area contributed by atoms with Crippen LogP contribution in [-0.4, -0.2) is 54.2 Å². The molecule has 15 heavy (non-hydrogen) atoms. The summed E-state index contributed by atoms with van der Waals surface area (Å²) in [6.45, 7) is 0.929. The molecule has 1 aliphatic heterocycles. The van der Waals surface area contributed by atoms with Gasteiger partial charge in [-0.15, -0.1) is 0 Å². The van der Waals surface area contributed by atoms with E-state index in [-0.39, 0.29) is 6.03 Å². The van der Waals surface area contributed by atoms with E-state index in [2.05, 4.69) is 5.43 Å². The first-order valence-corrected chi connectivity index (χ1v) is 4.96. The van der Waals surface area contributed by atoms with Gasteiger partial charge in [-0.1, -0.05) is 0 Å². The Bertz CT molecular complexity index is 255. The minimum absolute atomic E-state index is 0.231. The number of hydrazine groups is 1. The second kappa shape index (κ2) is 4.97. The molecule has 0 bridgehead atoms. The molecule has 0 aromatic heterocycles. The number of carboxylic acids is 1. The zero-order chi connectivity index (χ0) is 11.4. The van der Waals surface area contributed by atoms with Gasteiger partial charge in [0, 0.05) is 27.2 Å².